The lowest BCUT2D eigenvalue weighted by molar-refractivity contribution is -0.115. The minimum Gasteiger partial charge on any atom is -0.369 e. The highest BCUT2D eigenvalue weighted by molar-refractivity contribution is 8.00. The summed E-state index contributed by atoms with van der Waals surface area (Å²) in [5.41, 5.74) is 7.19. The van der Waals surface area contributed by atoms with Gasteiger partial charge in [-0.15, -0.1) is 23.1 Å². The van der Waals surface area contributed by atoms with Crippen LogP contribution in [0, 0.1) is 0 Å². The molecule has 5 nitrogen and oxygen atoms in total. The first-order valence-corrected chi connectivity index (χ1v) is 10.1. The van der Waals surface area contributed by atoms with Crippen LogP contribution in [0.5, 0.6) is 0 Å². The lowest BCUT2D eigenvalue weighted by Crippen LogP contribution is -2.37. The van der Waals surface area contributed by atoms with Crippen LogP contribution in [0.2, 0.25) is 0 Å². The summed E-state index contributed by atoms with van der Waals surface area (Å²) < 4.78 is 0. The Bertz CT molecular complexity index is 760. The smallest absolute Gasteiger partial charge is 0.252 e. The highest BCUT2D eigenvalue weighted by atomic mass is 32.2. The predicted octanol–water partition coefficient (Wildman–Crippen LogP) is 2.11. The van der Waals surface area contributed by atoms with Crippen LogP contribution >= 0.6 is 23.1 Å². The second-order valence-corrected chi connectivity index (χ2v) is 7.92. The van der Waals surface area contributed by atoms with Crippen LogP contribution in [-0.2, 0) is 17.8 Å². The Labute approximate surface area is 155 Å². The lowest BCUT2D eigenvalue weighted by atomic mass is 10.1. The Kier molecular flexibility index (Phi) is 6.12. The summed E-state index contributed by atoms with van der Waals surface area (Å²) in [5.74, 6) is -0.333. The topological polar surface area (TPSA) is 75.4 Å². The van der Waals surface area contributed by atoms with Gasteiger partial charge in [0.25, 0.3) is 5.91 Å². The van der Waals surface area contributed by atoms with Gasteiger partial charge in [-0.25, -0.2) is 0 Å². The largest absolute Gasteiger partial charge is 0.369 e. The Morgan fingerprint density at radius 1 is 1.28 bits per heavy atom. The SMILES string of the molecule is NC(=O)CSc1ccccc1C(=O)NCCN1CCc2sccc2C1. The molecule has 0 saturated heterocycles. The zero-order chi connectivity index (χ0) is 17.6. The second-order valence-electron chi connectivity index (χ2n) is 5.90. The first kappa shape index (κ1) is 18.0. The van der Waals surface area contributed by atoms with E-state index in [0.29, 0.717) is 12.1 Å². The highest BCUT2D eigenvalue weighted by Gasteiger charge is 2.17. The number of nitrogens with two attached hydrogens (primary N) is 1. The summed E-state index contributed by atoms with van der Waals surface area (Å²) in [6, 6.07) is 9.48. The van der Waals surface area contributed by atoms with Gasteiger partial charge in [-0.3, -0.25) is 14.5 Å². The second kappa shape index (κ2) is 8.51. The Morgan fingerprint density at radius 2 is 2.12 bits per heavy atom. The van der Waals surface area contributed by atoms with E-state index in [4.69, 9.17) is 5.73 Å². The van der Waals surface area contributed by atoms with Crippen LogP contribution in [0.1, 0.15) is 20.8 Å². The molecule has 0 unspecified atom stereocenters. The van der Waals surface area contributed by atoms with Crippen molar-refractivity contribution in [3.63, 3.8) is 0 Å². The molecule has 1 aliphatic heterocycles. The third-order valence-electron chi connectivity index (χ3n) is 4.10. The first-order chi connectivity index (χ1) is 12.1. The molecule has 2 aromatic rings. The van der Waals surface area contributed by atoms with Gasteiger partial charge in [0.2, 0.25) is 5.91 Å². The molecule has 0 bridgehead atoms. The molecule has 0 atom stereocenters. The van der Waals surface area contributed by atoms with Gasteiger partial charge in [-0.05, 0) is 35.6 Å². The molecule has 0 radical (unpaired) electrons. The summed E-state index contributed by atoms with van der Waals surface area (Å²) in [7, 11) is 0. The number of thiophene rings is 1. The van der Waals surface area contributed by atoms with E-state index < -0.39 is 5.91 Å². The standard InChI is InChI=1S/C18H21N3O2S2/c19-17(22)12-25-16-4-2-1-3-14(16)18(23)20-7-9-21-8-5-15-13(11-21)6-10-24-15/h1-4,6,10H,5,7-9,11-12H2,(H2,19,22)(H,20,23). The minimum absolute atomic E-state index is 0.110. The number of nitrogens with zero attached hydrogens (tertiary/aromatic N) is 1. The van der Waals surface area contributed by atoms with E-state index in [0.717, 1.165) is 31.0 Å². The van der Waals surface area contributed by atoms with Crippen molar-refractivity contribution >= 4 is 34.9 Å². The molecule has 1 aromatic heterocycles. The summed E-state index contributed by atoms with van der Waals surface area (Å²) in [6.07, 6.45) is 1.09. The Morgan fingerprint density at radius 3 is 2.96 bits per heavy atom. The van der Waals surface area contributed by atoms with Crippen LogP contribution < -0.4 is 11.1 Å². The number of nitrogens with one attached hydrogen (secondary N) is 1. The van der Waals surface area contributed by atoms with Crippen LogP contribution in [0.15, 0.2) is 40.6 Å². The van der Waals surface area contributed by atoms with Crippen molar-refractivity contribution in [2.75, 3.05) is 25.4 Å². The highest BCUT2D eigenvalue weighted by Crippen LogP contribution is 2.24. The van der Waals surface area contributed by atoms with Gasteiger partial charge >= 0.3 is 0 Å². The van der Waals surface area contributed by atoms with Crippen LogP contribution in [0.3, 0.4) is 0 Å². The number of carbonyl (C=O) groups excluding carboxylic acids is 2. The van der Waals surface area contributed by atoms with E-state index >= 15 is 0 Å². The number of thioether (sulfide) groups is 1. The molecule has 25 heavy (non-hydrogen) atoms. The van der Waals surface area contributed by atoms with Gasteiger partial charge in [0.15, 0.2) is 0 Å². The van der Waals surface area contributed by atoms with Gasteiger partial charge < -0.3 is 11.1 Å². The maximum absolute atomic E-state index is 12.5. The maximum atomic E-state index is 12.5. The fraction of sp³-hybridized carbons (Fsp3) is 0.333. The van der Waals surface area contributed by atoms with Crippen molar-refractivity contribution in [3.8, 4) is 0 Å². The minimum atomic E-state index is -0.391. The molecule has 0 spiro atoms. The molecule has 132 valence electrons. The third kappa shape index (κ3) is 4.84. The van der Waals surface area contributed by atoms with E-state index in [-0.39, 0.29) is 11.7 Å². The number of hydrogen-bond donors (Lipinski definition) is 2. The fourth-order valence-corrected chi connectivity index (χ4v) is 4.53. The van der Waals surface area contributed by atoms with Gasteiger partial charge in [0.05, 0.1) is 11.3 Å². The average Bonchev–Trinajstić information content (AvgIpc) is 3.08. The normalized spacial score (nSPS) is 14.1. The number of hydrogen-bond acceptors (Lipinski definition) is 5. The number of carbonyl (C=O) groups is 2. The summed E-state index contributed by atoms with van der Waals surface area (Å²) in [5, 5.41) is 5.13. The molecular formula is C18H21N3O2S2. The molecule has 1 aromatic carbocycles. The van der Waals surface area contributed by atoms with E-state index in [9.17, 15) is 9.59 Å². The summed E-state index contributed by atoms with van der Waals surface area (Å²) in [6.45, 7) is 3.43. The molecule has 0 aliphatic carbocycles. The van der Waals surface area contributed by atoms with E-state index in [1.807, 2.05) is 29.5 Å². The molecule has 7 heteroatoms. The van der Waals surface area contributed by atoms with Crippen molar-refractivity contribution < 1.29 is 9.59 Å². The average molecular weight is 376 g/mol. The number of primary amides is 1. The van der Waals surface area contributed by atoms with Gasteiger partial charge in [-0.2, -0.15) is 0 Å². The third-order valence-corrected chi connectivity index (χ3v) is 6.22. The number of rotatable bonds is 7. The lowest BCUT2D eigenvalue weighted by Gasteiger charge is -2.26. The molecule has 0 fully saturated rings. The van der Waals surface area contributed by atoms with Gasteiger partial charge in [0.1, 0.15) is 0 Å². The van der Waals surface area contributed by atoms with Crippen molar-refractivity contribution in [2.24, 2.45) is 5.73 Å². The van der Waals surface area contributed by atoms with Crippen molar-refractivity contribution in [1.82, 2.24) is 10.2 Å². The fourth-order valence-electron chi connectivity index (χ4n) is 2.85. The Balaban J connectivity index is 1.51. The van der Waals surface area contributed by atoms with Gasteiger partial charge in [0, 0.05) is 36.0 Å². The zero-order valence-corrected chi connectivity index (χ0v) is 15.5. The number of benzene rings is 1. The first-order valence-electron chi connectivity index (χ1n) is 8.19. The van der Waals surface area contributed by atoms with Crippen molar-refractivity contribution in [3.05, 3.63) is 51.7 Å². The van der Waals surface area contributed by atoms with E-state index in [1.54, 1.807) is 6.07 Å². The molecular weight excluding hydrogens is 354 g/mol. The molecule has 2 amide bonds. The monoisotopic (exact) mass is 375 g/mol. The van der Waals surface area contributed by atoms with Crippen LogP contribution in [0.4, 0.5) is 0 Å². The molecule has 3 N–H and O–H groups in total. The number of fused-ring (bicyclic) bond motifs is 1. The van der Waals surface area contributed by atoms with Crippen LogP contribution in [0.25, 0.3) is 0 Å². The van der Waals surface area contributed by atoms with Gasteiger partial charge in [-0.1, -0.05) is 12.1 Å². The van der Waals surface area contributed by atoms with E-state index in [1.165, 1.54) is 22.2 Å². The maximum Gasteiger partial charge on any atom is 0.252 e. The zero-order valence-electron chi connectivity index (χ0n) is 13.9. The summed E-state index contributed by atoms with van der Waals surface area (Å²) in [4.78, 5) is 28.0. The summed E-state index contributed by atoms with van der Waals surface area (Å²) >= 11 is 3.12. The van der Waals surface area contributed by atoms with E-state index in [2.05, 4.69) is 21.7 Å². The predicted molar refractivity (Wildman–Crippen MR) is 102 cm³/mol. The number of amides is 2. The van der Waals surface area contributed by atoms with Crippen LogP contribution in [-0.4, -0.2) is 42.1 Å². The molecule has 0 saturated carbocycles. The molecule has 3 rings (SSSR count). The Hall–Kier alpha value is -1.83. The molecule has 2 heterocycles. The quantitative estimate of drug-likeness (QED) is 0.727. The van der Waals surface area contributed by atoms with Crippen molar-refractivity contribution in [1.29, 1.82) is 0 Å². The molecule has 1 aliphatic rings. The van der Waals surface area contributed by atoms with Crippen molar-refractivity contribution in [2.45, 2.75) is 17.9 Å².